The Labute approximate surface area is 77.2 Å². The Bertz CT molecular complexity index is 276. The number of hydrogen-bond donors (Lipinski definition) is 1. The maximum atomic E-state index is 12.9. The van der Waals surface area contributed by atoms with E-state index in [9.17, 15) is 8.78 Å². The molecule has 0 aliphatic heterocycles. The second-order valence-corrected chi connectivity index (χ2v) is 2.92. The molecule has 0 aromatic heterocycles. The molecule has 1 rings (SSSR count). The Morgan fingerprint density at radius 3 is 2.42 bits per heavy atom. The molecule has 0 aliphatic carbocycles. The molecule has 1 aromatic carbocycles. The van der Waals surface area contributed by atoms with E-state index in [-0.39, 0.29) is 11.3 Å². The predicted octanol–water partition coefficient (Wildman–Crippen LogP) is 2.88. The van der Waals surface area contributed by atoms with Gasteiger partial charge in [0.25, 0.3) is 5.92 Å². The van der Waals surface area contributed by atoms with Gasteiger partial charge in [0.15, 0.2) is 0 Å². The third-order valence-corrected chi connectivity index (χ3v) is 2.17. The monoisotopic (exact) mass is 236 g/mol. The van der Waals surface area contributed by atoms with E-state index in [1.54, 1.807) is 0 Å². The first-order chi connectivity index (χ1) is 5.58. The number of halogens is 3. The van der Waals surface area contributed by atoms with Gasteiger partial charge in [0.1, 0.15) is 5.75 Å². The van der Waals surface area contributed by atoms with Gasteiger partial charge in [-0.2, -0.15) is 0 Å². The van der Waals surface area contributed by atoms with Crippen LogP contribution in [0.1, 0.15) is 5.56 Å². The van der Waals surface area contributed by atoms with Crippen molar-refractivity contribution in [2.45, 2.75) is 5.92 Å². The summed E-state index contributed by atoms with van der Waals surface area (Å²) in [6.07, 6.45) is 0. The van der Waals surface area contributed by atoms with E-state index in [4.69, 9.17) is 5.11 Å². The lowest BCUT2D eigenvalue weighted by Gasteiger charge is -2.14. The number of aromatic hydroxyl groups is 1. The molecule has 0 fully saturated rings. The summed E-state index contributed by atoms with van der Waals surface area (Å²) in [4.78, 5) is 0. The van der Waals surface area contributed by atoms with Gasteiger partial charge in [-0.1, -0.05) is 28.1 Å². The summed E-state index contributed by atoms with van der Waals surface area (Å²) in [5.74, 6) is -3.38. The molecule has 1 N–H and O–H groups in total. The predicted molar refractivity (Wildman–Crippen MR) is 45.8 cm³/mol. The van der Waals surface area contributed by atoms with Gasteiger partial charge in [0.05, 0.1) is 10.9 Å². The van der Waals surface area contributed by atoms with Gasteiger partial charge < -0.3 is 5.11 Å². The average Bonchev–Trinajstić information content (AvgIpc) is 2.05. The quantitative estimate of drug-likeness (QED) is 0.784. The summed E-state index contributed by atoms with van der Waals surface area (Å²) in [7, 11) is 0. The van der Waals surface area contributed by atoms with Gasteiger partial charge in [0, 0.05) is 0 Å². The van der Waals surface area contributed by atoms with Crippen LogP contribution in [0, 0.1) is 0 Å². The third-order valence-electron chi connectivity index (χ3n) is 1.47. The zero-order valence-electron chi connectivity index (χ0n) is 6.10. The van der Waals surface area contributed by atoms with Crippen molar-refractivity contribution in [3.05, 3.63) is 29.8 Å². The summed E-state index contributed by atoms with van der Waals surface area (Å²) >= 11 is 2.68. The third kappa shape index (κ3) is 1.75. The SMILES string of the molecule is Oc1ccccc1C(F)(F)CBr. The Kier molecular flexibility index (Phi) is 2.67. The molecule has 0 aliphatic rings. The number of hydrogen-bond acceptors (Lipinski definition) is 1. The van der Waals surface area contributed by atoms with Gasteiger partial charge in [-0.15, -0.1) is 0 Å². The van der Waals surface area contributed by atoms with Gasteiger partial charge in [-0.25, -0.2) is 8.78 Å². The Morgan fingerprint density at radius 1 is 1.33 bits per heavy atom. The van der Waals surface area contributed by atoms with Crippen molar-refractivity contribution in [2.75, 3.05) is 5.33 Å². The zero-order valence-corrected chi connectivity index (χ0v) is 7.68. The number of phenolic OH excluding ortho intramolecular Hbond substituents is 1. The van der Waals surface area contributed by atoms with Gasteiger partial charge in [-0.05, 0) is 12.1 Å². The number of para-hydroxylation sites is 1. The molecule has 1 nitrogen and oxygen atoms in total. The fourth-order valence-corrected chi connectivity index (χ4v) is 1.16. The van der Waals surface area contributed by atoms with Crippen LogP contribution in [0.2, 0.25) is 0 Å². The molecular weight excluding hydrogens is 230 g/mol. The van der Waals surface area contributed by atoms with E-state index in [1.165, 1.54) is 24.3 Å². The lowest BCUT2D eigenvalue weighted by molar-refractivity contribution is 0.0222. The van der Waals surface area contributed by atoms with E-state index >= 15 is 0 Å². The number of phenols is 1. The van der Waals surface area contributed by atoms with Crippen LogP contribution < -0.4 is 0 Å². The standard InChI is InChI=1S/C8H7BrF2O/c9-5-8(10,11)6-3-1-2-4-7(6)12/h1-4,12H,5H2. The molecule has 0 heterocycles. The summed E-state index contributed by atoms with van der Waals surface area (Å²) in [5.41, 5.74) is -0.345. The minimum atomic E-state index is -3.01. The van der Waals surface area contributed by atoms with Crippen LogP contribution in [-0.4, -0.2) is 10.4 Å². The molecule has 0 saturated carbocycles. The topological polar surface area (TPSA) is 20.2 Å². The van der Waals surface area contributed by atoms with Crippen molar-refractivity contribution < 1.29 is 13.9 Å². The molecule has 12 heavy (non-hydrogen) atoms. The van der Waals surface area contributed by atoms with Crippen LogP contribution in [0.3, 0.4) is 0 Å². The first kappa shape index (κ1) is 9.45. The van der Waals surface area contributed by atoms with Crippen LogP contribution >= 0.6 is 15.9 Å². The van der Waals surface area contributed by atoms with E-state index in [0.717, 1.165) is 0 Å². The van der Waals surface area contributed by atoms with Crippen LogP contribution in [0.25, 0.3) is 0 Å². The van der Waals surface area contributed by atoms with Crippen molar-refractivity contribution in [2.24, 2.45) is 0 Å². The van der Waals surface area contributed by atoms with Crippen LogP contribution in [0.5, 0.6) is 5.75 Å². The van der Waals surface area contributed by atoms with Gasteiger partial charge in [-0.3, -0.25) is 0 Å². The van der Waals surface area contributed by atoms with Crippen molar-refractivity contribution >= 4 is 15.9 Å². The largest absolute Gasteiger partial charge is 0.507 e. The van der Waals surface area contributed by atoms with E-state index in [2.05, 4.69) is 15.9 Å². The highest BCUT2D eigenvalue weighted by Gasteiger charge is 2.32. The fourth-order valence-electron chi connectivity index (χ4n) is 0.855. The second kappa shape index (κ2) is 3.39. The minimum absolute atomic E-state index is 0.345. The normalized spacial score (nSPS) is 11.6. The first-order valence-corrected chi connectivity index (χ1v) is 4.42. The smallest absolute Gasteiger partial charge is 0.286 e. The molecule has 0 atom stereocenters. The highest BCUT2D eigenvalue weighted by Crippen LogP contribution is 2.35. The van der Waals surface area contributed by atoms with Crippen LogP contribution in [0.15, 0.2) is 24.3 Å². The zero-order chi connectivity index (χ0) is 9.19. The van der Waals surface area contributed by atoms with Gasteiger partial charge in [0.2, 0.25) is 0 Å². The summed E-state index contributed by atoms with van der Waals surface area (Å²) < 4.78 is 25.9. The molecular formula is C8H7BrF2O. The Balaban J connectivity index is 3.10. The lowest BCUT2D eigenvalue weighted by Crippen LogP contribution is -2.14. The van der Waals surface area contributed by atoms with Crippen LogP contribution in [0.4, 0.5) is 8.78 Å². The van der Waals surface area contributed by atoms with E-state index in [1.807, 2.05) is 0 Å². The number of benzene rings is 1. The molecule has 4 heteroatoms. The molecule has 1 aromatic rings. The second-order valence-electron chi connectivity index (χ2n) is 2.36. The van der Waals surface area contributed by atoms with E-state index in [0.29, 0.717) is 0 Å². The molecule has 0 amide bonds. The summed E-state index contributed by atoms with van der Waals surface area (Å²) in [6, 6.07) is 5.41. The molecule has 0 radical (unpaired) electrons. The van der Waals surface area contributed by atoms with Crippen molar-refractivity contribution in [3.8, 4) is 5.75 Å². The van der Waals surface area contributed by atoms with Crippen molar-refractivity contribution in [1.82, 2.24) is 0 Å². The maximum absolute atomic E-state index is 12.9. The first-order valence-electron chi connectivity index (χ1n) is 3.30. The minimum Gasteiger partial charge on any atom is -0.507 e. The number of rotatable bonds is 2. The summed E-state index contributed by atoms with van der Waals surface area (Å²) in [6.45, 7) is 0. The van der Waals surface area contributed by atoms with Crippen molar-refractivity contribution in [1.29, 1.82) is 0 Å². The highest BCUT2D eigenvalue weighted by atomic mass is 79.9. The molecule has 0 unspecified atom stereocenters. The molecule has 66 valence electrons. The molecule has 0 spiro atoms. The maximum Gasteiger partial charge on any atom is 0.286 e. The highest BCUT2D eigenvalue weighted by molar-refractivity contribution is 9.09. The molecule has 0 saturated heterocycles. The van der Waals surface area contributed by atoms with E-state index < -0.39 is 11.3 Å². The Hall–Kier alpha value is -0.640. The average molecular weight is 237 g/mol. The lowest BCUT2D eigenvalue weighted by atomic mass is 10.1. The summed E-state index contributed by atoms with van der Waals surface area (Å²) in [5, 5.41) is 8.59. The molecule has 0 bridgehead atoms. The van der Waals surface area contributed by atoms with Crippen molar-refractivity contribution in [3.63, 3.8) is 0 Å². The van der Waals surface area contributed by atoms with Gasteiger partial charge >= 0.3 is 0 Å². The number of alkyl halides is 3. The Morgan fingerprint density at radius 2 is 1.92 bits per heavy atom. The fraction of sp³-hybridized carbons (Fsp3) is 0.250. The van der Waals surface area contributed by atoms with Crippen LogP contribution in [-0.2, 0) is 5.92 Å².